The van der Waals surface area contributed by atoms with Gasteiger partial charge in [0.15, 0.2) is 0 Å². The van der Waals surface area contributed by atoms with E-state index in [1.54, 1.807) is 6.92 Å². The summed E-state index contributed by atoms with van der Waals surface area (Å²) in [5, 5.41) is 8.09. The largest absolute Gasteiger partial charge is 0.460 e. The molecule has 0 aromatic rings. The van der Waals surface area contributed by atoms with Crippen LogP contribution in [-0.4, -0.2) is 12.6 Å². The fourth-order valence-corrected chi connectivity index (χ4v) is 0.391. The van der Waals surface area contributed by atoms with Crippen LogP contribution in [0.25, 0.3) is 0 Å². The van der Waals surface area contributed by atoms with Crippen LogP contribution in [0.2, 0.25) is 0 Å². The summed E-state index contributed by atoms with van der Waals surface area (Å²) in [6.07, 6.45) is 1.65. The van der Waals surface area contributed by atoms with Gasteiger partial charge in [0.05, 0.1) is 12.5 Å². The molecule has 0 bridgehead atoms. The normalized spacial score (nSPS) is 10.4. The van der Waals surface area contributed by atoms with Gasteiger partial charge in [0.1, 0.15) is 12.3 Å². The fraction of sp³-hybridized carbons (Fsp3) is 0.429. The smallest absolute Gasteiger partial charge is 0.353 e. The monoisotopic (exact) mass is 154 g/mol. The molecule has 60 valence electrons. The zero-order chi connectivity index (χ0) is 8.69. The summed E-state index contributed by atoms with van der Waals surface area (Å²) >= 11 is 0. The topological polar surface area (TPSA) is 76.1 Å². The molecule has 0 saturated heterocycles. The molecular weight excluding hydrogens is 144 g/mol. The van der Waals surface area contributed by atoms with E-state index in [1.165, 1.54) is 6.08 Å². The van der Waals surface area contributed by atoms with Crippen LogP contribution in [-0.2, 0) is 9.53 Å². The van der Waals surface area contributed by atoms with Gasteiger partial charge in [-0.1, -0.05) is 6.08 Å². The Morgan fingerprint density at radius 2 is 2.45 bits per heavy atom. The molecule has 0 unspecified atom stereocenters. The molecule has 11 heavy (non-hydrogen) atoms. The minimum atomic E-state index is -0.567. The number of carbonyl (C=O) groups excluding carboxylic acids is 1. The lowest BCUT2D eigenvalue weighted by atomic mass is 10.4. The molecule has 0 amide bonds. The molecule has 2 N–H and O–H groups in total. The number of ether oxygens (including phenoxy) is 1. The van der Waals surface area contributed by atoms with Crippen LogP contribution >= 0.6 is 0 Å². The van der Waals surface area contributed by atoms with E-state index in [2.05, 4.69) is 4.74 Å². The second kappa shape index (κ2) is 5.30. The van der Waals surface area contributed by atoms with Crippen molar-refractivity contribution in [2.24, 2.45) is 5.73 Å². The van der Waals surface area contributed by atoms with E-state index in [0.29, 0.717) is 0 Å². The number of hydrogen-bond acceptors (Lipinski definition) is 4. The van der Waals surface area contributed by atoms with Crippen LogP contribution < -0.4 is 5.73 Å². The average molecular weight is 154 g/mol. The Morgan fingerprint density at radius 1 is 1.82 bits per heavy atom. The minimum Gasteiger partial charge on any atom is -0.460 e. The van der Waals surface area contributed by atoms with Crippen LogP contribution in [0.1, 0.15) is 13.3 Å². The molecule has 0 aromatic carbocycles. The van der Waals surface area contributed by atoms with E-state index in [4.69, 9.17) is 11.0 Å². The minimum absolute atomic E-state index is 0.0722. The van der Waals surface area contributed by atoms with E-state index in [0.717, 1.165) is 0 Å². The number of nitriles is 1. The highest BCUT2D eigenvalue weighted by Gasteiger charge is 2.03. The number of hydrogen-bond donors (Lipinski definition) is 1. The van der Waals surface area contributed by atoms with Crippen LogP contribution in [0.4, 0.5) is 0 Å². The quantitative estimate of drug-likeness (QED) is 0.360. The molecule has 0 aromatic heterocycles. The number of rotatable bonds is 3. The maximum Gasteiger partial charge on any atom is 0.353 e. The number of esters is 1. The molecule has 0 aliphatic carbocycles. The van der Waals surface area contributed by atoms with E-state index in [1.807, 2.05) is 6.07 Å². The molecule has 0 atom stereocenters. The summed E-state index contributed by atoms with van der Waals surface area (Å²) in [7, 11) is 0. The van der Waals surface area contributed by atoms with E-state index in [9.17, 15) is 4.79 Å². The Morgan fingerprint density at radius 3 is 2.91 bits per heavy atom. The van der Waals surface area contributed by atoms with Gasteiger partial charge in [0.2, 0.25) is 0 Å². The maximum absolute atomic E-state index is 10.7. The SMILES string of the molecule is CC=C(N)C(=O)OCCC#N. The van der Waals surface area contributed by atoms with Gasteiger partial charge in [-0.15, -0.1) is 0 Å². The third kappa shape index (κ3) is 3.98. The van der Waals surface area contributed by atoms with Gasteiger partial charge < -0.3 is 10.5 Å². The highest BCUT2D eigenvalue weighted by molar-refractivity contribution is 5.87. The predicted octanol–water partition coefficient (Wildman–Crippen LogP) is 0.306. The standard InChI is InChI=1S/C7H10N2O2/c1-2-6(9)7(10)11-5-3-4-8/h2H,3,5,9H2,1H3. The van der Waals surface area contributed by atoms with Crippen molar-refractivity contribution in [3.05, 3.63) is 11.8 Å². The van der Waals surface area contributed by atoms with E-state index >= 15 is 0 Å². The molecule has 0 fully saturated rings. The molecule has 4 heteroatoms. The fourth-order valence-electron chi connectivity index (χ4n) is 0.391. The van der Waals surface area contributed by atoms with Gasteiger partial charge in [-0.3, -0.25) is 0 Å². The van der Waals surface area contributed by atoms with Crippen molar-refractivity contribution in [2.45, 2.75) is 13.3 Å². The second-order valence-corrected chi connectivity index (χ2v) is 1.79. The summed E-state index contributed by atoms with van der Waals surface area (Å²) in [6, 6.07) is 1.84. The van der Waals surface area contributed by atoms with Crippen molar-refractivity contribution in [1.82, 2.24) is 0 Å². The molecular formula is C7H10N2O2. The lowest BCUT2D eigenvalue weighted by Gasteiger charge is -1.99. The Kier molecular flexibility index (Phi) is 4.58. The second-order valence-electron chi connectivity index (χ2n) is 1.79. The van der Waals surface area contributed by atoms with Crippen LogP contribution in [0.5, 0.6) is 0 Å². The Hall–Kier alpha value is -1.50. The first-order valence-corrected chi connectivity index (χ1v) is 3.18. The number of nitrogens with two attached hydrogens (primary N) is 1. The average Bonchev–Trinajstić information content (AvgIpc) is 2.03. The van der Waals surface area contributed by atoms with Crippen molar-refractivity contribution in [3.8, 4) is 6.07 Å². The summed E-state index contributed by atoms with van der Waals surface area (Å²) in [6.45, 7) is 1.74. The highest BCUT2D eigenvalue weighted by atomic mass is 16.5. The van der Waals surface area contributed by atoms with Crippen LogP contribution in [0.15, 0.2) is 11.8 Å². The van der Waals surface area contributed by atoms with E-state index in [-0.39, 0.29) is 18.7 Å². The van der Waals surface area contributed by atoms with E-state index < -0.39 is 5.97 Å². The molecule has 0 radical (unpaired) electrons. The van der Waals surface area contributed by atoms with Gasteiger partial charge >= 0.3 is 5.97 Å². The van der Waals surface area contributed by atoms with Crippen LogP contribution in [0.3, 0.4) is 0 Å². The van der Waals surface area contributed by atoms with Crippen molar-refractivity contribution >= 4 is 5.97 Å². The van der Waals surface area contributed by atoms with Crippen molar-refractivity contribution in [2.75, 3.05) is 6.61 Å². The number of nitrogens with zero attached hydrogens (tertiary/aromatic N) is 1. The van der Waals surface area contributed by atoms with Gasteiger partial charge in [0, 0.05) is 0 Å². The molecule has 0 rings (SSSR count). The molecule has 0 spiro atoms. The lowest BCUT2D eigenvalue weighted by molar-refractivity contribution is -0.138. The first-order chi connectivity index (χ1) is 5.22. The predicted molar refractivity (Wildman–Crippen MR) is 39.1 cm³/mol. The zero-order valence-electron chi connectivity index (χ0n) is 6.33. The number of carbonyl (C=O) groups is 1. The zero-order valence-corrected chi connectivity index (χ0v) is 6.33. The molecule has 0 aliphatic rings. The Labute approximate surface area is 65.2 Å². The summed E-state index contributed by atoms with van der Waals surface area (Å²) in [5.41, 5.74) is 5.27. The third-order valence-corrected chi connectivity index (χ3v) is 0.994. The van der Waals surface area contributed by atoms with Gasteiger partial charge in [-0.05, 0) is 6.92 Å². The van der Waals surface area contributed by atoms with Crippen molar-refractivity contribution < 1.29 is 9.53 Å². The van der Waals surface area contributed by atoms with Crippen molar-refractivity contribution in [3.63, 3.8) is 0 Å². The number of allylic oxidation sites excluding steroid dienone is 1. The molecule has 4 nitrogen and oxygen atoms in total. The van der Waals surface area contributed by atoms with Gasteiger partial charge in [-0.25, -0.2) is 4.79 Å². The third-order valence-electron chi connectivity index (χ3n) is 0.994. The molecule has 0 saturated carbocycles. The maximum atomic E-state index is 10.7. The first kappa shape index (κ1) is 9.50. The summed E-state index contributed by atoms with van der Waals surface area (Å²) in [5.74, 6) is -0.567. The highest BCUT2D eigenvalue weighted by Crippen LogP contribution is 1.89. The van der Waals surface area contributed by atoms with Gasteiger partial charge in [-0.2, -0.15) is 5.26 Å². The first-order valence-electron chi connectivity index (χ1n) is 3.18. The van der Waals surface area contributed by atoms with Crippen molar-refractivity contribution in [1.29, 1.82) is 5.26 Å². The summed E-state index contributed by atoms with van der Waals surface area (Å²) < 4.78 is 4.58. The van der Waals surface area contributed by atoms with Crippen LogP contribution in [0, 0.1) is 11.3 Å². The Balaban J connectivity index is 3.64. The van der Waals surface area contributed by atoms with Gasteiger partial charge in [0.25, 0.3) is 0 Å². The Bertz CT molecular complexity index is 203. The summed E-state index contributed by atoms with van der Waals surface area (Å²) in [4.78, 5) is 10.7. The molecule has 0 heterocycles. The molecule has 0 aliphatic heterocycles. The lowest BCUT2D eigenvalue weighted by Crippen LogP contribution is -2.14.